The minimum Gasteiger partial charge on any atom is -0.435 e. The Morgan fingerprint density at radius 2 is 1.30 bits per heavy atom. The second-order valence-corrected chi connectivity index (χ2v) is 7.55. The van der Waals surface area contributed by atoms with Gasteiger partial charge in [0.05, 0.1) is 27.1 Å². The van der Waals surface area contributed by atoms with Gasteiger partial charge in [0.1, 0.15) is 11.5 Å². The van der Waals surface area contributed by atoms with Crippen molar-refractivity contribution in [3.63, 3.8) is 0 Å². The van der Waals surface area contributed by atoms with Crippen LogP contribution in [0.3, 0.4) is 0 Å². The Morgan fingerprint density at radius 1 is 0.697 bits per heavy atom. The van der Waals surface area contributed by atoms with Crippen molar-refractivity contribution in [1.82, 2.24) is 9.78 Å². The van der Waals surface area contributed by atoms with Crippen molar-refractivity contribution in [1.29, 1.82) is 0 Å². The van der Waals surface area contributed by atoms with Gasteiger partial charge in [0.25, 0.3) is 0 Å². The highest BCUT2D eigenvalue weighted by Crippen LogP contribution is 2.33. The van der Waals surface area contributed by atoms with Crippen LogP contribution in [-0.4, -0.2) is 23.0 Å². The number of nitrogens with zero attached hydrogens (tertiary/aromatic N) is 2. The van der Waals surface area contributed by atoms with Crippen LogP contribution >= 0.6 is 23.2 Å². The lowest BCUT2D eigenvalue weighted by atomic mass is 10.1. The molecule has 0 unspecified atom stereocenters. The fraction of sp³-hybridized carbons (Fsp3) is 0.0870. The number of hydrogen-bond acceptors (Lipinski definition) is 3. The van der Waals surface area contributed by atoms with E-state index in [1.807, 2.05) is 0 Å². The van der Waals surface area contributed by atoms with Gasteiger partial charge in [-0.25, -0.2) is 4.68 Å². The first-order valence-corrected chi connectivity index (χ1v) is 10.2. The van der Waals surface area contributed by atoms with Crippen molar-refractivity contribution >= 4 is 23.2 Å². The number of ether oxygens (including phenoxy) is 2. The molecule has 4 rings (SSSR count). The lowest BCUT2D eigenvalue weighted by Crippen LogP contribution is -2.03. The van der Waals surface area contributed by atoms with Crippen LogP contribution in [0.15, 0.2) is 72.8 Å². The highest BCUT2D eigenvalue weighted by molar-refractivity contribution is 6.42. The first-order chi connectivity index (χ1) is 15.8. The SMILES string of the molecule is FC(F)Oc1cccc(-c2cc(-c3cccc(OC(F)F)c3)n(-c3ccc(Cl)c(Cl)c3)n2)c1. The highest BCUT2D eigenvalue weighted by Gasteiger charge is 2.16. The summed E-state index contributed by atoms with van der Waals surface area (Å²) in [6, 6.07) is 18.7. The smallest absolute Gasteiger partial charge is 0.387 e. The summed E-state index contributed by atoms with van der Waals surface area (Å²) in [5.74, 6) is -0.0567. The van der Waals surface area contributed by atoms with Gasteiger partial charge in [-0.2, -0.15) is 22.7 Å². The minimum absolute atomic E-state index is 0.0273. The molecule has 0 saturated carbocycles. The molecule has 0 N–H and O–H groups in total. The molecule has 1 aromatic heterocycles. The summed E-state index contributed by atoms with van der Waals surface area (Å²) < 4.78 is 61.2. The second kappa shape index (κ2) is 9.72. The van der Waals surface area contributed by atoms with Crippen molar-refractivity contribution < 1.29 is 27.0 Å². The van der Waals surface area contributed by atoms with Crippen molar-refractivity contribution in [2.24, 2.45) is 0 Å². The number of alkyl halides is 4. The van der Waals surface area contributed by atoms with E-state index in [9.17, 15) is 17.6 Å². The van der Waals surface area contributed by atoms with Crippen LogP contribution in [-0.2, 0) is 0 Å². The van der Waals surface area contributed by atoms with Gasteiger partial charge in [-0.3, -0.25) is 0 Å². The van der Waals surface area contributed by atoms with Crippen LogP contribution in [0.1, 0.15) is 0 Å². The number of rotatable bonds is 7. The zero-order chi connectivity index (χ0) is 23.5. The molecule has 4 nitrogen and oxygen atoms in total. The van der Waals surface area contributed by atoms with Crippen molar-refractivity contribution in [3.05, 3.63) is 82.8 Å². The predicted molar refractivity (Wildman–Crippen MR) is 118 cm³/mol. The topological polar surface area (TPSA) is 36.3 Å². The molecule has 0 aliphatic carbocycles. The zero-order valence-corrected chi connectivity index (χ0v) is 18.1. The molecule has 0 amide bonds. The summed E-state index contributed by atoms with van der Waals surface area (Å²) in [5, 5.41) is 5.23. The Hall–Kier alpha value is -3.23. The molecule has 0 atom stereocenters. The normalized spacial score (nSPS) is 11.3. The minimum atomic E-state index is -2.98. The first kappa shape index (κ1) is 22.9. The Bertz CT molecular complexity index is 1280. The number of halogens is 6. The highest BCUT2D eigenvalue weighted by atomic mass is 35.5. The molecule has 3 aromatic carbocycles. The van der Waals surface area contributed by atoms with E-state index in [1.54, 1.807) is 53.2 Å². The Labute approximate surface area is 195 Å². The number of benzene rings is 3. The van der Waals surface area contributed by atoms with E-state index in [2.05, 4.69) is 14.6 Å². The van der Waals surface area contributed by atoms with Crippen molar-refractivity contribution in [2.45, 2.75) is 13.2 Å². The molecule has 0 radical (unpaired) electrons. The maximum absolute atomic E-state index is 12.7. The molecule has 0 fully saturated rings. The molecule has 0 spiro atoms. The van der Waals surface area contributed by atoms with Crippen LogP contribution in [0.2, 0.25) is 10.0 Å². The first-order valence-electron chi connectivity index (χ1n) is 9.46. The Morgan fingerprint density at radius 3 is 1.91 bits per heavy atom. The van der Waals surface area contributed by atoms with Gasteiger partial charge in [-0.05, 0) is 48.5 Å². The Kier molecular flexibility index (Phi) is 6.76. The molecule has 0 aliphatic heterocycles. The van der Waals surface area contributed by atoms with Gasteiger partial charge in [0.15, 0.2) is 0 Å². The van der Waals surface area contributed by atoms with Gasteiger partial charge in [-0.15, -0.1) is 0 Å². The summed E-state index contributed by atoms with van der Waals surface area (Å²) in [5.41, 5.74) is 2.52. The molecule has 10 heteroatoms. The molecule has 4 aromatic rings. The van der Waals surface area contributed by atoms with E-state index in [0.29, 0.717) is 38.2 Å². The Balaban J connectivity index is 1.85. The standard InChI is InChI=1S/C23H14Cl2F4N2O2/c24-18-8-7-15(11-19(18)25)31-21(14-4-2-6-17(10-14)33-23(28)29)12-20(30-31)13-3-1-5-16(9-13)32-22(26)27/h1-12,22-23H. The lowest BCUT2D eigenvalue weighted by Gasteiger charge is -2.10. The maximum Gasteiger partial charge on any atom is 0.387 e. The van der Waals surface area contributed by atoms with Gasteiger partial charge < -0.3 is 9.47 Å². The average Bonchev–Trinajstić information content (AvgIpc) is 3.21. The molecule has 0 saturated heterocycles. The third-order valence-electron chi connectivity index (χ3n) is 4.57. The van der Waals surface area contributed by atoms with Crippen LogP contribution < -0.4 is 9.47 Å². The molecule has 170 valence electrons. The third-order valence-corrected chi connectivity index (χ3v) is 5.31. The summed E-state index contributed by atoms with van der Waals surface area (Å²) in [6.45, 7) is -5.95. The monoisotopic (exact) mass is 496 g/mol. The predicted octanol–water partition coefficient (Wildman–Crippen LogP) is 7.72. The third kappa shape index (κ3) is 5.40. The van der Waals surface area contributed by atoms with Crippen LogP contribution in [0.25, 0.3) is 28.2 Å². The fourth-order valence-corrected chi connectivity index (χ4v) is 3.50. The molecule has 0 aliphatic rings. The summed E-state index contributed by atoms with van der Waals surface area (Å²) >= 11 is 12.2. The van der Waals surface area contributed by atoms with Crippen LogP contribution in [0.5, 0.6) is 11.5 Å². The lowest BCUT2D eigenvalue weighted by molar-refractivity contribution is -0.0505. The van der Waals surface area contributed by atoms with Crippen LogP contribution in [0, 0.1) is 0 Å². The molecule has 1 heterocycles. The van der Waals surface area contributed by atoms with Crippen molar-refractivity contribution in [2.75, 3.05) is 0 Å². The summed E-state index contributed by atoms with van der Waals surface area (Å²) in [7, 11) is 0. The number of hydrogen-bond donors (Lipinski definition) is 0. The van der Waals surface area contributed by atoms with E-state index in [-0.39, 0.29) is 11.5 Å². The molecular weight excluding hydrogens is 483 g/mol. The fourth-order valence-electron chi connectivity index (χ4n) is 3.20. The summed E-state index contributed by atoms with van der Waals surface area (Å²) in [6.07, 6.45) is 0. The van der Waals surface area contributed by atoms with Crippen molar-refractivity contribution in [3.8, 4) is 39.7 Å². The van der Waals surface area contributed by atoms with E-state index >= 15 is 0 Å². The largest absolute Gasteiger partial charge is 0.435 e. The maximum atomic E-state index is 12.7. The van der Waals surface area contributed by atoms with Crippen LogP contribution in [0.4, 0.5) is 17.6 Å². The number of aromatic nitrogens is 2. The molecule has 0 bridgehead atoms. The van der Waals surface area contributed by atoms with Gasteiger partial charge >= 0.3 is 13.2 Å². The van der Waals surface area contributed by atoms with E-state index in [4.69, 9.17) is 23.2 Å². The van der Waals surface area contributed by atoms with E-state index in [1.165, 1.54) is 24.3 Å². The van der Waals surface area contributed by atoms with E-state index in [0.717, 1.165) is 0 Å². The van der Waals surface area contributed by atoms with E-state index < -0.39 is 13.2 Å². The average molecular weight is 497 g/mol. The quantitative estimate of drug-likeness (QED) is 0.246. The summed E-state index contributed by atoms with van der Waals surface area (Å²) in [4.78, 5) is 0. The zero-order valence-electron chi connectivity index (χ0n) is 16.6. The molecular formula is C23H14Cl2F4N2O2. The molecule has 33 heavy (non-hydrogen) atoms. The van der Waals surface area contributed by atoms with Gasteiger partial charge in [0.2, 0.25) is 0 Å². The second-order valence-electron chi connectivity index (χ2n) is 6.74. The van der Waals surface area contributed by atoms with Gasteiger partial charge in [-0.1, -0.05) is 47.5 Å². The van der Waals surface area contributed by atoms with Gasteiger partial charge in [0, 0.05) is 11.1 Å².